The minimum Gasteiger partial charge on any atom is -0.504 e. The van der Waals surface area contributed by atoms with E-state index >= 15 is 0 Å². The van der Waals surface area contributed by atoms with Crippen LogP contribution >= 0.6 is 0 Å². The van der Waals surface area contributed by atoms with E-state index < -0.39 is 0 Å². The number of hydrogen-bond donors (Lipinski definition) is 2. The van der Waals surface area contributed by atoms with Crippen molar-refractivity contribution in [3.8, 4) is 11.5 Å². The molecule has 0 saturated heterocycles. The van der Waals surface area contributed by atoms with Crippen LogP contribution < -0.4 is 10.1 Å². The van der Waals surface area contributed by atoms with E-state index in [1.54, 1.807) is 13.2 Å². The Morgan fingerprint density at radius 3 is 2.50 bits per heavy atom. The molecule has 0 aliphatic rings. The van der Waals surface area contributed by atoms with Crippen LogP contribution in [0.25, 0.3) is 0 Å². The average Bonchev–Trinajstić information content (AvgIpc) is 2.30. The highest BCUT2D eigenvalue weighted by atomic mass is 16.5. The molecule has 0 aliphatic carbocycles. The third-order valence-corrected chi connectivity index (χ3v) is 3.30. The number of rotatable bonds is 5. The molecule has 102 valence electrons. The van der Waals surface area contributed by atoms with Crippen LogP contribution in [0.3, 0.4) is 0 Å². The largest absolute Gasteiger partial charge is 0.504 e. The summed E-state index contributed by atoms with van der Waals surface area (Å²) < 4.78 is 5.11. The fraction of sp³-hybridized carbons (Fsp3) is 0.600. The normalized spacial score (nSPS) is 13.4. The maximum absolute atomic E-state index is 10.0. The third kappa shape index (κ3) is 3.64. The predicted octanol–water partition coefficient (Wildman–Crippen LogP) is 3.32. The minimum absolute atomic E-state index is 0.212. The van der Waals surface area contributed by atoms with Crippen molar-refractivity contribution in [2.24, 2.45) is 5.41 Å². The first kappa shape index (κ1) is 14.8. The minimum atomic E-state index is 0.212. The molecule has 0 radical (unpaired) electrons. The lowest BCUT2D eigenvalue weighted by Gasteiger charge is -2.31. The van der Waals surface area contributed by atoms with Gasteiger partial charge in [-0.3, -0.25) is 0 Å². The van der Waals surface area contributed by atoms with Gasteiger partial charge in [-0.1, -0.05) is 39.8 Å². The number of benzene rings is 1. The van der Waals surface area contributed by atoms with E-state index in [-0.39, 0.29) is 11.2 Å². The summed E-state index contributed by atoms with van der Waals surface area (Å²) in [6.45, 7) is 9.49. The molecule has 0 bridgehead atoms. The molecule has 0 unspecified atom stereocenters. The molecular formula is C15H25NO2. The maximum Gasteiger partial charge on any atom is 0.162 e. The summed E-state index contributed by atoms with van der Waals surface area (Å²) in [5.41, 5.74) is 1.08. The first-order chi connectivity index (χ1) is 8.40. The molecule has 0 fully saturated rings. The Bertz CT molecular complexity index is 383. The van der Waals surface area contributed by atoms with Gasteiger partial charge in [0.05, 0.1) is 7.11 Å². The smallest absolute Gasteiger partial charge is 0.162 e. The Kier molecular flexibility index (Phi) is 5.03. The summed E-state index contributed by atoms with van der Waals surface area (Å²) in [5, 5.41) is 13.5. The Labute approximate surface area is 110 Å². The quantitative estimate of drug-likeness (QED) is 0.843. The Hall–Kier alpha value is -1.22. The lowest BCUT2D eigenvalue weighted by molar-refractivity contribution is 0.258. The molecule has 1 aromatic carbocycles. The number of aromatic hydroxyl groups is 1. The molecule has 0 amide bonds. The van der Waals surface area contributed by atoms with Crippen LogP contribution in [0, 0.1) is 5.41 Å². The van der Waals surface area contributed by atoms with Gasteiger partial charge in [-0.25, -0.2) is 0 Å². The summed E-state index contributed by atoms with van der Waals surface area (Å²) in [7, 11) is 1.57. The molecule has 1 atom stereocenters. The second kappa shape index (κ2) is 6.10. The molecular weight excluding hydrogens is 226 g/mol. The molecule has 1 rings (SSSR count). The van der Waals surface area contributed by atoms with Crippen LogP contribution in [0.4, 0.5) is 0 Å². The van der Waals surface area contributed by atoms with Crippen molar-refractivity contribution in [2.45, 2.75) is 46.7 Å². The van der Waals surface area contributed by atoms with Crippen LogP contribution in [0.2, 0.25) is 0 Å². The maximum atomic E-state index is 10.0. The highest BCUT2D eigenvalue weighted by Gasteiger charge is 2.22. The monoisotopic (exact) mass is 251 g/mol. The van der Waals surface area contributed by atoms with Gasteiger partial charge in [-0.2, -0.15) is 0 Å². The van der Waals surface area contributed by atoms with E-state index in [0.29, 0.717) is 18.3 Å². The fourth-order valence-corrected chi connectivity index (χ4v) is 2.17. The molecule has 1 aromatic rings. The van der Waals surface area contributed by atoms with Crippen molar-refractivity contribution in [1.29, 1.82) is 0 Å². The first-order valence-corrected chi connectivity index (χ1v) is 6.48. The van der Waals surface area contributed by atoms with Gasteiger partial charge in [0.2, 0.25) is 0 Å². The standard InChI is InChI=1S/C15H25NO2/c1-6-13(15(2,3)4)16-10-11-8-7-9-12(18-5)14(11)17/h7-9,13,16-17H,6,10H2,1-5H3/t13-/m1/s1. The van der Waals surface area contributed by atoms with Crippen molar-refractivity contribution >= 4 is 0 Å². The number of phenols is 1. The van der Waals surface area contributed by atoms with Crippen LogP contribution in [0.1, 0.15) is 39.7 Å². The molecule has 0 aliphatic heterocycles. The van der Waals surface area contributed by atoms with Gasteiger partial charge in [0.15, 0.2) is 11.5 Å². The number of methoxy groups -OCH3 is 1. The average molecular weight is 251 g/mol. The molecule has 0 saturated carbocycles. The highest BCUT2D eigenvalue weighted by Crippen LogP contribution is 2.30. The number of nitrogens with one attached hydrogen (secondary N) is 1. The van der Waals surface area contributed by atoms with Crippen LogP contribution in [-0.4, -0.2) is 18.3 Å². The zero-order valence-electron chi connectivity index (χ0n) is 12.1. The van der Waals surface area contributed by atoms with Crippen molar-refractivity contribution < 1.29 is 9.84 Å². The van der Waals surface area contributed by atoms with E-state index in [2.05, 4.69) is 33.0 Å². The topological polar surface area (TPSA) is 41.5 Å². The van der Waals surface area contributed by atoms with Crippen LogP contribution in [0.5, 0.6) is 11.5 Å². The van der Waals surface area contributed by atoms with E-state index in [0.717, 1.165) is 12.0 Å². The lowest BCUT2D eigenvalue weighted by Crippen LogP contribution is -2.39. The van der Waals surface area contributed by atoms with Gasteiger partial charge in [0.25, 0.3) is 0 Å². The summed E-state index contributed by atoms with van der Waals surface area (Å²) in [6.07, 6.45) is 1.06. The predicted molar refractivity (Wildman–Crippen MR) is 75.0 cm³/mol. The molecule has 3 nitrogen and oxygen atoms in total. The number of phenolic OH excluding ortho intramolecular Hbond substituents is 1. The number of ether oxygens (including phenoxy) is 1. The summed E-state index contributed by atoms with van der Waals surface area (Å²) in [4.78, 5) is 0. The molecule has 0 heterocycles. The van der Waals surface area contributed by atoms with E-state index in [9.17, 15) is 5.11 Å². The second-order valence-corrected chi connectivity index (χ2v) is 5.68. The highest BCUT2D eigenvalue weighted by molar-refractivity contribution is 5.45. The zero-order chi connectivity index (χ0) is 13.8. The molecule has 0 aromatic heterocycles. The van der Waals surface area contributed by atoms with E-state index in [1.807, 2.05) is 12.1 Å². The van der Waals surface area contributed by atoms with Gasteiger partial charge < -0.3 is 15.2 Å². The van der Waals surface area contributed by atoms with Gasteiger partial charge in [0.1, 0.15) is 0 Å². The van der Waals surface area contributed by atoms with Gasteiger partial charge in [-0.05, 0) is 17.9 Å². The van der Waals surface area contributed by atoms with Gasteiger partial charge in [-0.15, -0.1) is 0 Å². The van der Waals surface area contributed by atoms with Crippen molar-refractivity contribution in [1.82, 2.24) is 5.32 Å². The van der Waals surface area contributed by atoms with Gasteiger partial charge >= 0.3 is 0 Å². The SMILES string of the molecule is CC[C@@H](NCc1cccc(OC)c1O)C(C)(C)C. The van der Waals surface area contributed by atoms with Gasteiger partial charge in [0, 0.05) is 18.2 Å². The Morgan fingerprint density at radius 2 is 2.00 bits per heavy atom. The summed E-state index contributed by atoms with van der Waals surface area (Å²) in [5.74, 6) is 0.759. The van der Waals surface area contributed by atoms with E-state index in [1.165, 1.54) is 0 Å². The lowest BCUT2D eigenvalue weighted by atomic mass is 9.85. The molecule has 3 heteroatoms. The Balaban J connectivity index is 2.74. The molecule has 2 N–H and O–H groups in total. The fourth-order valence-electron chi connectivity index (χ4n) is 2.17. The number of para-hydroxylation sites is 1. The first-order valence-electron chi connectivity index (χ1n) is 6.48. The molecule has 18 heavy (non-hydrogen) atoms. The molecule has 0 spiro atoms. The summed E-state index contributed by atoms with van der Waals surface area (Å²) in [6, 6.07) is 6.00. The van der Waals surface area contributed by atoms with Crippen LogP contribution in [0.15, 0.2) is 18.2 Å². The summed E-state index contributed by atoms with van der Waals surface area (Å²) >= 11 is 0. The number of hydrogen-bond acceptors (Lipinski definition) is 3. The van der Waals surface area contributed by atoms with E-state index in [4.69, 9.17) is 4.74 Å². The Morgan fingerprint density at radius 1 is 1.33 bits per heavy atom. The van der Waals surface area contributed by atoms with Crippen molar-refractivity contribution in [3.05, 3.63) is 23.8 Å². The third-order valence-electron chi connectivity index (χ3n) is 3.30. The van der Waals surface area contributed by atoms with Crippen molar-refractivity contribution in [3.63, 3.8) is 0 Å². The van der Waals surface area contributed by atoms with Crippen molar-refractivity contribution in [2.75, 3.05) is 7.11 Å². The van der Waals surface area contributed by atoms with Crippen LogP contribution in [-0.2, 0) is 6.54 Å². The second-order valence-electron chi connectivity index (χ2n) is 5.68. The zero-order valence-corrected chi connectivity index (χ0v) is 12.1.